The van der Waals surface area contributed by atoms with Crippen LogP contribution < -0.4 is 10.6 Å². The van der Waals surface area contributed by atoms with E-state index in [4.69, 9.17) is 0 Å². The van der Waals surface area contributed by atoms with E-state index in [1.54, 1.807) is 12.1 Å². The van der Waals surface area contributed by atoms with Gasteiger partial charge in [0.25, 0.3) is 0 Å². The molecule has 2 rings (SSSR count). The molecule has 1 heterocycles. The predicted molar refractivity (Wildman–Crippen MR) is 122 cm³/mol. The zero-order valence-electron chi connectivity index (χ0n) is 18.1. The van der Waals surface area contributed by atoms with Crippen LogP contribution in [-0.2, 0) is 6.42 Å². The van der Waals surface area contributed by atoms with Crippen LogP contribution in [0.25, 0.3) is 5.57 Å². The first-order chi connectivity index (χ1) is 14.1. The smallest absolute Gasteiger partial charge is 0.131 e. The first-order valence-electron chi connectivity index (χ1n) is 10.7. The first-order valence-corrected chi connectivity index (χ1v) is 10.7. The highest BCUT2D eigenvalue weighted by molar-refractivity contribution is 5.96. The van der Waals surface area contributed by atoms with Crippen LogP contribution in [0.2, 0.25) is 0 Å². The lowest BCUT2D eigenvalue weighted by Crippen LogP contribution is -2.35. The monoisotopic (exact) mass is 398 g/mol. The van der Waals surface area contributed by atoms with Crippen molar-refractivity contribution in [1.29, 1.82) is 0 Å². The molecule has 0 radical (unpaired) electrons. The average Bonchev–Trinajstić information content (AvgIpc) is 2.72. The molecule has 158 valence electrons. The molecule has 0 bridgehead atoms. The minimum Gasteiger partial charge on any atom is -0.337 e. The van der Waals surface area contributed by atoms with Gasteiger partial charge in [-0.2, -0.15) is 0 Å². The molecule has 0 aromatic heterocycles. The summed E-state index contributed by atoms with van der Waals surface area (Å²) in [5.74, 6) is 1.32. The van der Waals surface area contributed by atoms with Gasteiger partial charge in [-0.1, -0.05) is 45.4 Å². The molecule has 4 nitrogen and oxygen atoms in total. The molecule has 0 atom stereocenters. The standard InChI is InChI=1S/C24H35FN4/c1-5-8-9-10-19-11-12-22(25)21(18-19)20(7-3)24-28-23(13-17-29(24)4)27-16-15-26-14-6-2/h7,11-13,17-18,26H,3,5-6,8-10,14-16H2,1-2,4H3,(H,27,28)/b24-20+. The van der Waals surface area contributed by atoms with Gasteiger partial charge in [0, 0.05) is 30.9 Å². The molecule has 0 fully saturated rings. The van der Waals surface area contributed by atoms with E-state index in [2.05, 4.69) is 36.1 Å². The summed E-state index contributed by atoms with van der Waals surface area (Å²) >= 11 is 0. The molecule has 0 saturated carbocycles. The van der Waals surface area contributed by atoms with E-state index in [1.165, 1.54) is 12.8 Å². The molecule has 2 N–H and O–H groups in total. The second kappa shape index (κ2) is 12.2. The number of halogens is 1. The summed E-state index contributed by atoms with van der Waals surface area (Å²) in [5.41, 5.74) is 2.46. The quantitative estimate of drug-likeness (QED) is 0.523. The zero-order valence-corrected chi connectivity index (χ0v) is 18.1. The normalized spacial score (nSPS) is 16.8. The number of nitrogens with zero attached hydrogens (tertiary/aromatic N) is 2. The Balaban J connectivity index is 2.25. The number of hydrogen-bond donors (Lipinski definition) is 2. The first kappa shape index (κ1) is 22.9. The van der Waals surface area contributed by atoms with E-state index < -0.39 is 0 Å². The molecule has 0 spiro atoms. The maximum absolute atomic E-state index is 14.7. The van der Waals surface area contributed by atoms with Gasteiger partial charge in [0.15, 0.2) is 0 Å². The fourth-order valence-electron chi connectivity index (χ4n) is 3.26. The number of aryl methyl sites for hydroxylation is 1. The summed E-state index contributed by atoms with van der Waals surface area (Å²) in [5, 5.41) is 6.69. The van der Waals surface area contributed by atoms with E-state index in [-0.39, 0.29) is 5.82 Å². The molecular weight excluding hydrogens is 363 g/mol. The topological polar surface area (TPSA) is 39.7 Å². The summed E-state index contributed by atoms with van der Waals surface area (Å²) in [4.78, 5) is 6.55. The Bertz CT molecular complexity index is 764. The second-order valence-corrected chi connectivity index (χ2v) is 7.31. The highest BCUT2D eigenvalue weighted by atomic mass is 19.1. The summed E-state index contributed by atoms with van der Waals surface area (Å²) in [7, 11) is 1.94. The minimum atomic E-state index is -0.237. The highest BCUT2D eigenvalue weighted by Crippen LogP contribution is 2.26. The number of rotatable bonds is 11. The second-order valence-electron chi connectivity index (χ2n) is 7.31. The van der Waals surface area contributed by atoms with Crippen molar-refractivity contribution in [3.05, 3.63) is 65.9 Å². The lowest BCUT2D eigenvalue weighted by atomic mass is 9.99. The van der Waals surface area contributed by atoms with Gasteiger partial charge in [-0.3, -0.25) is 4.99 Å². The van der Waals surface area contributed by atoms with E-state index in [0.717, 1.165) is 55.1 Å². The van der Waals surface area contributed by atoms with E-state index in [1.807, 2.05) is 36.4 Å². The van der Waals surface area contributed by atoms with E-state index in [0.29, 0.717) is 12.1 Å². The van der Waals surface area contributed by atoms with Crippen LogP contribution >= 0.6 is 0 Å². The maximum Gasteiger partial charge on any atom is 0.131 e. The van der Waals surface area contributed by atoms with Crippen LogP contribution in [0.1, 0.15) is 50.7 Å². The Morgan fingerprint density at radius 3 is 2.79 bits per heavy atom. The van der Waals surface area contributed by atoms with Crippen molar-refractivity contribution in [1.82, 2.24) is 15.5 Å². The number of aliphatic imine (C=N–C) groups is 1. The van der Waals surface area contributed by atoms with Crippen molar-refractivity contribution in [2.75, 3.05) is 26.7 Å². The molecule has 1 aliphatic heterocycles. The Morgan fingerprint density at radius 2 is 2.07 bits per heavy atom. The molecule has 0 unspecified atom stereocenters. The predicted octanol–water partition coefficient (Wildman–Crippen LogP) is 4.86. The Kier molecular flexibility index (Phi) is 9.65. The van der Waals surface area contributed by atoms with Gasteiger partial charge in [0.2, 0.25) is 0 Å². The number of benzene rings is 1. The highest BCUT2D eigenvalue weighted by Gasteiger charge is 2.18. The van der Waals surface area contributed by atoms with E-state index >= 15 is 0 Å². The van der Waals surface area contributed by atoms with Crippen molar-refractivity contribution in [3.63, 3.8) is 0 Å². The summed E-state index contributed by atoms with van der Waals surface area (Å²) in [6.45, 7) is 10.8. The minimum absolute atomic E-state index is 0.237. The average molecular weight is 399 g/mol. The maximum atomic E-state index is 14.7. The third-order valence-electron chi connectivity index (χ3n) is 4.90. The Hall–Kier alpha value is -2.40. The summed E-state index contributed by atoms with van der Waals surface area (Å²) < 4.78 is 14.7. The van der Waals surface area contributed by atoms with Gasteiger partial charge >= 0.3 is 0 Å². The molecular formula is C24H35FN4. The van der Waals surface area contributed by atoms with Crippen LogP contribution in [0.5, 0.6) is 0 Å². The third kappa shape index (κ3) is 6.86. The molecule has 1 aromatic rings. The van der Waals surface area contributed by atoms with Crippen LogP contribution in [0.4, 0.5) is 4.39 Å². The lowest BCUT2D eigenvalue weighted by molar-refractivity contribution is 0.533. The fourth-order valence-corrected chi connectivity index (χ4v) is 3.26. The van der Waals surface area contributed by atoms with E-state index in [9.17, 15) is 4.39 Å². The van der Waals surface area contributed by atoms with Gasteiger partial charge in [-0.15, -0.1) is 0 Å². The van der Waals surface area contributed by atoms with Gasteiger partial charge in [0.05, 0.1) is 6.54 Å². The third-order valence-corrected chi connectivity index (χ3v) is 4.90. The van der Waals surface area contributed by atoms with Crippen molar-refractivity contribution in [2.45, 2.75) is 46.0 Å². The summed E-state index contributed by atoms with van der Waals surface area (Å²) in [6.07, 6.45) is 11.1. The molecule has 1 aliphatic rings. The number of unbranched alkanes of at least 4 members (excludes halogenated alkanes) is 2. The van der Waals surface area contributed by atoms with Crippen molar-refractivity contribution >= 4 is 11.4 Å². The number of hydrogen-bond acceptors (Lipinski definition) is 3. The van der Waals surface area contributed by atoms with Crippen LogP contribution in [-0.4, -0.2) is 37.4 Å². The molecule has 1 aromatic carbocycles. The number of nitrogens with one attached hydrogen (secondary N) is 2. The lowest BCUT2D eigenvalue weighted by Gasteiger charge is -2.27. The summed E-state index contributed by atoms with van der Waals surface area (Å²) in [6, 6.07) is 5.40. The molecule has 0 aliphatic carbocycles. The molecule has 0 amide bonds. The van der Waals surface area contributed by atoms with Gasteiger partial charge in [-0.25, -0.2) is 4.39 Å². The zero-order chi connectivity index (χ0) is 21.1. The molecule has 0 saturated heterocycles. The fraction of sp³-hybridized carbons (Fsp3) is 0.458. The number of amidine groups is 1. The van der Waals surface area contributed by atoms with Crippen LogP contribution in [0.15, 0.2) is 53.9 Å². The largest absolute Gasteiger partial charge is 0.337 e. The number of allylic oxidation sites excluding steroid dienone is 2. The van der Waals surface area contributed by atoms with Gasteiger partial charge in [-0.05, 0) is 49.6 Å². The Morgan fingerprint density at radius 1 is 1.24 bits per heavy atom. The van der Waals surface area contributed by atoms with Gasteiger partial charge in [0.1, 0.15) is 17.5 Å². The van der Waals surface area contributed by atoms with Crippen LogP contribution in [0, 0.1) is 5.82 Å². The SMILES string of the molecule is C=C/C(=C1/NC(=NCCNCCC)C=CN1C)c1cc(CCCCC)ccc1F. The molecule has 5 heteroatoms. The van der Waals surface area contributed by atoms with Crippen molar-refractivity contribution < 1.29 is 4.39 Å². The van der Waals surface area contributed by atoms with Crippen molar-refractivity contribution in [3.8, 4) is 0 Å². The van der Waals surface area contributed by atoms with Crippen LogP contribution in [0.3, 0.4) is 0 Å². The van der Waals surface area contributed by atoms with Gasteiger partial charge < -0.3 is 15.5 Å². The Labute approximate surface area is 175 Å². The van der Waals surface area contributed by atoms with Crippen molar-refractivity contribution in [2.24, 2.45) is 4.99 Å². The molecule has 29 heavy (non-hydrogen) atoms.